The lowest BCUT2D eigenvalue weighted by Gasteiger charge is -2.35. The van der Waals surface area contributed by atoms with Crippen LogP contribution in [0.25, 0.3) is 0 Å². The van der Waals surface area contributed by atoms with E-state index in [1.165, 1.54) is 10.5 Å². The minimum Gasteiger partial charge on any atom is -0.392 e. The topological polar surface area (TPSA) is 43.8 Å². The van der Waals surface area contributed by atoms with E-state index in [1.807, 2.05) is 16.7 Å². The molecule has 2 fully saturated rings. The van der Waals surface area contributed by atoms with Crippen LogP contribution in [-0.4, -0.2) is 64.9 Å². The summed E-state index contributed by atoms with van der Waals surface area (Å²) in [5.41, 5.74) is 1.30. The highest BCUT2D eigenvalue weighted by atomic mass is 32.2. The molecular weight excluding hydrogens is 320 g/mol. The SMILES string of the molecule is Cc1cccc(SC2CCN(C(=O)CN3CCCC(O)C3)CC2)c1. The van der Waals surface area contributed by atoms with Crippen molar-refractivity contribution in [3.8, 4) is 0 Å². The smallest absolute Gasteiger partial charge is 0.236 e. The minimum absolute atomic E-state index is 0.225. The number of nitrogens with zero attached hydrogens (tertiary/aromatic N) is 2. The number of piperidine rings is 2. The van der Waals surface area contributed by atoms with E-state index in [0.29, 0.717) is 18.3 Å². The molecule has 1 aromatic rings. The summed E-state index contributed by atoms with van der Waals surface area (Å²) in [6, 6.07) is 8.66. The largest absolute Gasteiger partial charge is 0.392 e. The standard InChI is InChI=1S/C19H28N2O2S/c1-15-4-2-6-18(12-15)24-17-7-10-21(11-8-17)19(23)14-20-9-3-5-16(22)13-20/h2,4,6,12,16-17,22H,3,5,7-11,13-14H2,1H3. The molecule has 2 saturated heterocycles. The van der Waals surface area contributed by atoms with Gasteiger partial charge in [0.05, 0.1) is 12.6 Å². The van der Waals surface area contributed by atoms with Gasteiger partial charge >= 0.3 is 0 Å². The third kappa shape index (κ3) is 4.98. The molecule has 5 heteroatoms. The number of thioether (sulfide) groups is 1. The molecule has 2 aliphatic rings. The second-order valence-corrected chi connectivity index (χ2v) is 8.42. The zero-order valence-electron chi connectivity index (χ0n) is 14.5. The molecule has 0 radical (unpaired) electrons. The number of rotatable bonds is 4. The Morgan fingerprint density at radius 2 is 2.04 bits per heavy atom. The second-order valence-electron chi connectivity index (χ2n) is 7.05. The van der Waals surface area contributed by atoms with E-state index >= 15 is 0 Å². The zero-order valence-corrected chi connectivity index (χ0v) is 15.3. The summed E-state index contributed by atoms with van der Waals surface area (Å²) in [5, 5.41) is 10.3. The predicted molar refractivity (Wildman–Crippen MR) is 98.3 cm³/mol. The maximum atomic E-state index is 12.5. The van der Waals surface area contributed by atoms with Gasteiger partial charge in [-0.05, 0) is 51.3 Å². The molecule has 0 aromatic heterocycles. The normalized spacial score (nSPS) is 23.4. The number of hydrogen-bond donors (Lipinski definition) is 1. The number of aliphatic hydroxyl groups is 1. The number of carbonyl (C=O) groups excluding carboxylic acids is 1. The van der Waals surface area contributed by atoms with Gasteiger partial charge in [0.15, 0.2) is 0 Å². The molecule has 0 bridgehead atoms. The Bertz CT molecular complexity index is 558. The average molecular weight is 349 g/mol. The van der Waals surface area contributed by atoms with Gasteiger partial charge in [-0.15, -0.1) is 11.8 Å². The lowest BCUT2D eigenvalue weighted by atomic mass is 10.1. The Labute approximate surface area is 149 Å². The van der Waals surface area contributed by atoms with Gasteiger partial charge in [-0.3, -0.25) is 9.69 Å². The van der Waals surface area contributed by atoms with Crippen molar-refractivity contribution in [3.63, 3.8) is 0 Å². The van der Waals surface area contributed by atoms with Crippen LogP contribution < -0.4 is 0 Å². The number of benzene rings is 1. The second kappa shape index (κ2) is 8.37. The van der Waals surface area contributed by atoms with Gasteiger partial charge in [-0.1, -0.05) is 17.7 Å². The van der Waals surface area contributed by atoms with E-state index in [-0.39, 0.29) is 12.0 Å². The van der Waals surface area contributed by atoms with Crippen molar-refractivity contribution in [2.45, 2.75) is 48.9 Å². The number of β-amino-alcohol motifs (C(OH)–C–C–N with tert-alkyl or cyclic N) is 1. The monoisotopic (exact) mass is 348 g/mol. The van der Waals surface area contributed by atoms with E-state index in [9.17, 15) is 9.90 Å². The first-order chi connectivity index (χ1) is 11.6. The van der Waals surface area contributed by atoms with E-state index in [4.69, 9.17) is 0 Å². The van der Waals surface area contributed by atoms with Gasteiger partial charge in [0.2, 0.25) is 5.91 Å². The summed E-state index contributed by atoms with van der Waals surface area (Å²) in [6.45, 7) is 5.89. The van der Waals surface area contributed by atoms with Crippen LogP contribution in [0.4, 0.5) is 0 Å². The van der Waals surface area contributed by atoms with Crippen molar-refractivity contribution in [1.82, 2.24) is 9.80 Å². The van der Waals surface area contributed by atoms with Gasteiger partial charge in [0.1, 0.15) is 0 Å². The Hall–Kier alpha value is -1.04. The first-order valence-electron chi connectivity index (χ1n) is 9.01. The fraction of sp³-hybridized carbons (Fsp3) is 0.632. The Kier molecular flexibility index (Phi) is 6.19. The third-order valence-corrected chi connectivity index (χ3v) is 6.26. The van der Waals surface area contributed by atoms with E-state index in [2.05, 4.69) is 36.1 Å². The molecule has 0 saturated carbocycles. The van der Waals surface area contributed by atoms with Gasteiger partial charge in [-0.2, -0.15) is 0 Å². The minimum atomic E-state index is -0.261. The number of hydrogen-bond acceptors (Lipinski definition) is 4. The Morgan fingerprint density at radius 1 is 1.25 bits per heavy atom. The maximum Gasteiger partial charge on any atom is 0.236 e. The van der Waals surface area contributed by atoms with Crippen molar-refractivity contribution in [1.29, 1.82) is 0 Å². The molecule has 3 rings (SSSR count). The zero-order chi connectivity index (χ0) is 16.9. The van der Waals surface area contributed by atoms with E-state index in [0.717, 1.165) is 45.3 Å². The summed E-state index contributed by atoms with van der Waals surface area (Å²) in [6.07, 6.45) is 3.72. The molecule has 4 nitrogen and oxygen atoms in total. The highest BCUT2D eigenvalue weighted by Crippen LogP contribution is 2.30. The molecule has 2 aliphatic heterocycles. The fourth-order valence-electron chi connectivity index (χ4n) is 3.57. The number of carbonyl (C=O) groups is 1. The third-order valence-electron chi connectivity index (χ3n) is 4.93. The quantitative estimate of drug-likeness (QED) is 0.908. The molecule has 1 N–H and O–H groups in total. The molecule has 1 atom stereocenters. The first kappa shape index (κ1) is 17.8. The van der Waals surface area contributed by atoms with Gasteiger partial charge in [0, 0.05) is 29.8 Å². The summed E-state index contributed by atoms with van der Waals surface area (Å²) in [7, 11) is 0. The van der Waals surface area contributed by atoms with Crippen molar-refractivity contribution in [3.05, 3.63) is 29.8 Å². The van der Waals surface area contributed by atoms with Crippen LogP contribution >= 0.6 is 11.8 Å². The highest BCUT2D eigenvalue weighted by molar-refractivity contribution is 8.00. The first-order valence-corrected chi connectivity index (χ1v) is 9.89. The van der Waals surface area contributed by atoms with Crippen LogP contribution in [0.3, 0.4) is 0 Å². The molecule has 1 aromatic carbocycles. The lowest BCUT2D eigenvalue weighted by molar-refractivity contribution is -0.133. The molecule has 132 valence electrons. The van der Waals surface area contributed by atoms with Crippen LogP contribution in [0.5, 0.6) is 0 Å². The molecule has 24 heavy (non-hydrogen) atoms. The van der Waals surface area contributed by atoms with Crippen molar-refractivity contribution in [2.75, 3.05) is 32.7 Å². The summed E-state index contributed by atoms with van der Waals surface area (Å²) in [4.78, 5) is 17.9. The molecule has 1 amide bonds. The van der Waals surface area contributed by atoms with Crippen molar-refractivity contribution >= 4 is 17.7 Å². The average Bonchev–Trinajstić information content (AvgIpc) is 2.55. The Morgan fingerprint density at radius 3 is 2.75 bits per heavy atom. The van der Waals surface area contributed by atoms with Crippen molar-refractivity contribution < 1.29 is 9.90 Å². The van der Waals surface area contributed by atoms with Crippen molar-refractivity contribution in [2.24, 2.45) is 0 Å². The molecule has 2 heterocycles. The lowest BCUT2D eigenvalue weighted by Crippen LogP contribution is -2.47. The van der Waals surface area contributed by atoms with Gasteiger partial charge < -0.3 is 10.0 Å². The Balaban J connectivity index is 1.43. The predicted octanol–water partition coefficient (Wildman–Crippen LogP) is 2.53. The molecule has 0 spiro atoms. The fourth-order valence-corrected chi connectivity index (χ4v) is 4.81. The van der Waals surface area contributed by atoms with Gasteiger partial charge in [-0.25, -0.2) is 0 Å². The molecule has 1 unspecified atom stereocenters. The van der Waals surface area contributed by atoms with Crippen LogP contribution in [0.15, 0.2) is 29.2 Å². The van der Waals surface area contributed by atoms with E-state index < -0.39 is 0 Å². The molecule has 0 aliphatic carbocycles. The van der Waals surface area contributed by atoms with E-state index in [1.54, 1.807) is 0 Å². The summed E-state index contributed by atoms with van der Waals surface area (Å²) in [5.74, 6) is 0.225. The number of likely N-dealkylation sites (tertiary alicyclic amines) is 2. The number of amides is 1. The maximum absolute atomic E-state index is 12.5. The van der Waals surface area contributed by atoms with Crippen LogP contribution in [0.1, 0.15) is 31.2 Å². The van der Waals surface area contributed by atoms with Crippen LogP contribution in [0, 0.1) is 6.92 Å². The highest BCUT2D eigenvalue weighted by Gasteiger charge is 2.26. The molecular formula is C19H28N2O2S. The van der Waals surface area contributed by atoms with Gasteiger partial charge in [0.25, 0.3) is 0 Å². The number of aryl methyl sites for hydroxylation is 1. The summed E-state index contributed by atoms with van der Waals surface area (Å²) < 4.78 is 0. The summed E-state index contributed by atoms with van der Waals surface area (Å²) >= 11 is 1.95. The van der Waals surface area contributed by atoms with Crippen LogP contribution in [-0.2, 0) is 4.79 Å². The number of aliphatic hydroxyl groups excluding tert-OH is 1. The van der Waals surface area contributed by atoms with Crippen LogP contribution in [0.2, 0.25) is 0 Å².